The molecule has 4 fully saturated rings. The number of allylic oxidation sites excluding steroid dienone is 1. The van der Waals surface area contributed by atoms with Gasteiger partial charge in [0.15, 0.2) is 0 Å². The Kier molecular flexibility index (Phi) is 4.28. The monoisotopic (exact) mass is 342 g/mol. The summed E-state index contributed by atoms with van der Waals surface area (Å²) in [5, 5.41) is 0. The van der Waals surface area contributed by atoms with Crippen LogP contribution in [0, 0.1) is 23.2 Å². The second kappa shape index (κ2) is 6.37. The lowest BCUT2D eigenvalue weighted by atomic mass is 9.49. The molecule has 2 aliphatic heterocycles. The molecular formula is C23H38N2. The van der Waals surface area contributed by atoms with Crippen molar-refractivity contribution in [3.63, 3.8) is 0 Å². The number of nitrogens with zero attached hydrogens (tertiary/aromatic N) is 2. The minimum absolute atomic E-state index is 0.583. The maximum atomic E-state index is 2.98. The molecule has 0 spiro atoms. The smallest absolute Gasteiger partial charge is 0.0283 e. The first kappa shape index (κ1) is 16.8. The highest BCUT2D eigenvalue weighted by Gasteiger charge is 2.52. The first-order chi connectivity index (χ1) is 12.1. The molecule has 0 radical (unpaired) electrons. The van der Waals surface area contributed by atoms with Crippen LogP contribution in [-0.4, -0.2) is 48.1 Å². The molecule has 2 heterocycles. The molecule has 4 atom stereocenters. The molecule has 0 N–H and O–H groups in total. The lowest BCUT2D eigenvalue weighted by Gasteiger charge is -2.58. The third-order valence-corrected chi connectivity index (χ3v) is 9.01. The average Bonchev–Trinajstić information content (AvgIpc) is 3.11. The SMILES string of the molecule is CC1(C)[C@@H]2CC=C(CN3CCN4CCC[C@@H]4[C@@H]3C3CCCCC3)[C@@H]1C2. The van der Waals surface area contributed by atoms with Gasteiger partial charge >= 0.3 is 0 Å². The zero-order valence-electron chi connectivity index (χ0n) is 16.6. The molecular weight excluding hydrogens is 304 g/mol. The van der Waals surface area contributed by atoms with Gasteiger partial charge < -0.3 is 0 Å². The minimum Gasteiger partial charge on any atom is -0.298 e. The number of piperazine rings is 1. The summed E-state index contributed by atoms with van der Waals surface area (Å²) in [7, 11) is 0. The second-order valence-corrected chi connectivity index (χ2v) is 10.4. The van der Waals surface area contributed by atoms with E-state index in [9.17, 15) is 0 Å². The Hall–Kier alpha value is -0.340. The van der Waals surface area contributed by atoms with Crippen LogP contribution < -0.4 is 0 Å². The molecule has 0 aromatic rings. The molecule has 0 unspecified atom stereocenters. The third kappa shape index (κ3) is 2.74. The predicted octanol–water partition coefficient (Wildman–Crippen LogP) is 4.71. The molecule has 0 amide bonds. The van der Waals surface area contributed by atoms with Gasteiger partial charge in [0.1, 0.15) is 0 Å². The van der Waals surface area contributed by atoms with E-state index in [4.69, 9.17) is 0 Å². The van der Waals surface area contributed by atoms with Crippen LogP contribution in [0.2, 0.25) is 0 Å². The van der Waals surface area contributed by atoms with Gasteiger partial charge in [-0.2, -0.15) is 0 Å². The zero-order valence-corrected chi connectivity index (χ0v) is 16.6. The molecule has 0 aromatic carbocycles. The summed E-state index contributed by atoms with van der Waals surface area (Å²) < 4.78 is 0. The van der Waals surface area contributed by atoms with Gasteiger partial charge in [0.05, 0.1) is 0 Å². The Morgan fingerprint density at radius 1 is 1.00 bits per heavy atom. The van der Waals surface area contributed by atoms with Crippen molar-refractivity contribution in [3.05, 3.63) is 11.6 Å². The Morgan fingerprint density at radius 3 is 2.60 bits per heavy atom. The fraction of sp³-hybridized carbons (Fsp3) is 0.913. The number of hydrogen-bond acceptors (Lipinski definition) is 2. The molecule has 4 aliphatic carbocycles. The molecule has 2 saturated heterocycles. The van der Waals surface area contributed by atoms with Gasteiger partial charge in [-0.1, -0.05) is 44.8 Å². The molecule has 140 valence electrons. The summed E-state index contributed by atoms with van der Waals surface area (Å²) in [6.45, 7) is 10.4. The standard InChI is InChI=1S/C23H38N2/c1-23(2)19-11-10-18(20(23)15-19)16-25-14-13-24-12-6-9-21(24)22(25)17-7-4-3-5-8-17/h10,17,19-22H,3-9,11-16H2,1-2H3/t19-,20+,21-,22+/m1/s1. The first-order valence-electron chi connectivity index (χ1n) is 11.3. The van der Waals surface area contributed by atoms with Crippen LogP contribution in [0.3, 0.4) is 0 Å². The van der Waals surface area contributed by atoms with Crippen molar-refractivity contribution in [1.82, 2.24) is 9.80 Å². The fourth-order valence-electron chi connectivity index (χ4n) is 7.33. The van der Waals surface area contributed by atoms with Crippen LogP contribution >= 0.6 is 0 Å². The summed E-state index contributed by atoms with van der Waals surface area (Å²) in [5.74, 6) is 2.84. The predicted molar refractivity (Wildman–Crippen MR) is 105 cm³/mol. The van der Waals surface area contributed by atoms with Crippen molar-refractivity contribution in [2.24, 2.45) is 23.2 Å². The summed E-state index contributed by atoms with van der Waals surface area (Å²) in [4.78, 5) is 5.83. The van der Waals surface area contributed by atoms with Crippen LogP contribution in [0.5, 0.6) is 0 Å². The Balaban J connectivity index is 1.36. The van der Waals surface area contributed by atoms with Crippen LogP contribution in [0.4, 0.5) is 0 Å². The van der Waals surface area contributed by atoms with Gasteiger partial charge in [0, 0.05) is 31.7 Å². The molecule has 2 heteroatoms. The number of hydrogen-bond donors (Lipinski definition) is 0. The van der Waals surface area contributed by atoms with Gasteiger partial charge in [-0.15, -0.1) is 0 Å². The van der Waals surface area contributed by atoms with E-state index in [1.807, 2.05) is 5.57 Å². The summed E-state index contributed by atoms with van der Waals surface area (Å²) >= 11 is 0. The van der Waals surface area contributed by atoms with Crippen molar-refractivity contribution < 1.29 is 0 Å². The summed E-state index contributed by atoms with van der Waals surface area (Å²) in [6.07, 6.45) is 15.9. The van der Waals surface area contributed by atoms with Gasteiger partial charge in [-0.05, 0) is 68.2 Å². The molecule has 6 aliphatic rings. The van der Waals surface area contributed by atoms with Crippen molar-refractivity contribution in [3.8, 4) is 0 Å². The quantitative estimate of drug-likeness (QED) is 0.686. The van der Waals surface area contributed by atoms with Crippen LogP contribution in [0.1, 0.15) is 71.6 Å². The molecule has 2 saturated carbocycles. The topological polar surface area (TPSA) is 6.48 Å². The largest absolute Gasteiger partial charge is 0.298 e. The van der Waals surface area contributed by atoms with E-state index in [-0.39, 0.29) is 0 Å². The third-order valence-electron chi connectivity index (χ3n) is 9.01. The van der Waals surface area contributed by atoms with Crippen LogP contribution in [-0.2, 0) is 0 Å². The maximum Gasteiger partial charge on any atom is 0.0283 e. The lowest BCUT2D eigenvalue weighted by molar-refractivity contribution is -0.0268. The average molecular weight is 343 g/mol. The highest BCUT2D eigenvalue weighted by Crippen LogP contribution is 2.59. The molecule has 0 aromatic heterocycles. The molecule has 2 bridgehead atoms. The Bertz CT molecular complexity index is 530. The normalized spacial score (nSPS) is 41.9. The molecule has 2 nitrogen and oxygen atoms in total. The minimum atomic E-state index is 0.583. The van der Waals surface area contributed by atoms with E-state index in [1.165, 1.54) is 84.0 Å². The summed E-state index contributed by atoms with van der Waals surface area (Å²) in [6, 6.07) is 1.74. The Labute approximate surface area is 155 Å². The zero-order chi connectivity index (χ0) is 17.0. The van der Waals surface area contributed by atoms with E-state index in [0.717, 1.165) is 29.8 Å². The van der Waals surface area contributed by atoms with E-state index < -0.39 is 0 Å². The van der Waals surface area contributed by atoms with Crippen molar-refractivity contribution in [2.75, 3.05) is 26.2 Å². The Morgan fingerprint density at radius 2 is 1.84 bits per heavy atom. The lowest BCUT2D eigenvalue weighted by Crippen LogP contribution is -2.61. The number of rotatable bonds is 3. The van der Waals surface area contributed by atoms with Gasteiger partial charge in [-0.25, -0.2) is 0 Å². The first-order valence-corrected chi connectivity index (χ1v) is 11.3. The highest BCUT2D eigenvalue weighted by molar-refractivity contribution is 5.25. The highest BCUT2D eigenvalue weighted by atomic mass is 15.3. The van der Waals surface area contributed by atoms with E-state index >= 15 is 0 Å². The maximum absolute atomic E-state index is 2.98. The van der Waals surface area contributed by atoms with E-state index in [2.05, 4.69) is 29.7 Å². The van der Waals surface area contributed by atoms with Gasteiger partial charge in [0.25, 0.3) is 0 Å². The van der Waals surface area contributed by atoms with Crippen molar-refractivity contribution in [2.45, 2.75) is 83.7 Å². The van der Waals surface area contributed by atoms with E-state index in [0.29, 0.717) is 5.41 Å². The van der Waals surface area contributed by atoms with Gasteiger partial charge in [0.2, 0.25) is 0 Å². The second-order valence-electron chi connectivity index (χ2n) is 10.4. The van der Waals surface area contributed by atoms with Crippen molar-refractivity contribution >= 4 is 0 Å². The molecule has 6 rings (SSSR count). The fourth-order valence-corrected chi connectivity index (χ4v) is 7.33. The van der Waals surface area contributed by atoms with Crippen LogP contribution in [0.15, 0.2) is 11.6 Å². The van der Waals surface area contributed by atoms with Gasteiger partial charge in [-0.3, -0.25) is 9.80 Å². The molecule has 25 heavy (non-hydrogen) atoms. The summed E-state index contributed by atoms with van der Waals surface area (Å²) in [5.41, 5.74) is 2.40. The van der Waals surface area contributed by atoms with E-state index in [1.54, 1.807) is 0 Å². The number of fused-ring (bicyclic) bond motifs is 2. The van der Waals surface area contributed by atoms with Crippen LogP contribution in [0.25, 0.3) is 0 Å². The van der Waals surface area contributed by atoms with Crippen molar-refractivity contribution in [1.29, 1.82) is 0 Å².